The van der Waals surface area contributed by atoms with E-state index >= 15 is 0 Å². The molecule has 5 rings (SSSR count). The third-order valence-corrected chi connectivity index (χ3v) is 5.69. The quantitative estimate of drug-likeness (QED) is 0.322. The van der Waals surface area contributed by atoms with Crippen molar-refractivity contribution in [3.63, 3.8) is 0 Å². The van der Waals surface area contributed by atoms with E-state index < -0.39 is 11.0 Å². The number of carbonyl (C=O) groups excluding carboxylic acids is 1. The van der Waals surface area contributed by atoms with Gasteiger partial charge in [-0.1, -0.05) is 24.3 Å². The number of nitriles is 1. The molecule has 0 radical (unpaired) electrons. The van der Waals surface area contributed by atoms with Gasteiger partial charge in [-0.25, -0.2) is 4.68 Å². The number of carbonyl (C=O) groups is 1. The van der Waals surface area contributed by atoms with E-state index in [1.165, 1.54) is 12.1 Å². The minimum atomic E-state index is -0.675. The molecule has 0 fully saturated rings. The molecule has 0 aliphatic carbocycles. The van der Waals surface area contributed by atoms with Gasteiger partial charge in [-0.3, -0.25) is 19.9 Å². The van der Waals surface area contributed by atoms with Crippen molar-refractivity contribution in [2.24, 2.45) is 0 Å². The zero-order chi connectivity index (χ0) is 25.2. The zero-order valence-corrected chi connectivity index (χ0v) is 18.9. The highest BCUT2D eigenvalue weighted by molar-refractivity contribution is 6.05. The summed E-state index contributed by atoms with van der Waals surface area (Å²) in [6.45, 7) is 1.76. The lowest BCUT2D eigenvalue weighted by molar-refractivity contribution is -0.384. The molecule has 36 heavy (non-hydrogen) atoms. The first-order chi connectivity index (χ1) is 17.4. The van der Waals surface area contributed by atoms with E-state index in [0.29, 0.717) is 39.6 Å². The van der Waals surface area contributed by atoms with Crippen LogP contribution in [0.4, 0.5) is 17.3 Å². The average molecular weight is 478 g/mol. The van der Waals surface area contributed by atoms with Crippen LogP contribution in [0.15, 0.2) is 84.3 Å². The molecular formula is C25H18N8O3. The summed E-state index contributed by atoms with van der Waals surface area (Å²) < 4.78 is 1.57. The Morgan fingerprint density at radius 2 is 2.00 bits per heavy atom. The second-order valence-corrected chi connectivity index (χ2v) is 8.01. The molecule has 2 aromatic heterocycles. The number of non-ortho nitro benzene ring substituents is 1. The molecule has 176 valence electrons. The maximum Gasteiger partial charge on any atom is 0.270 e. The number of benzene rings is 2. The highest BCUT2D eigenvalue weighted by atomic mass is 16.6. The molecule has 1 atom stereocenters. The molecule has 11 heteroatoms. The second-order valence-electron chi connectivity index (χ2n) is 8.01. The van der Waals surface area contributed by atoms with Crippen molar-refractivity contribution in [2.75, 3.05) is 10.6 Å². The number of aromatic nitrogens is 4. The minimum absolute atomic E-state index is 0.0808. The standard InChI is InChI=1S/C25H18N8O3/c1-15-21(24(34)29-19-5-3-11-27-14-19)22(17-9-7-16(13-26)8-10-17)32-25(28-15)30-23(31-32)18-4-2-6-20(12-18)33(35)36/h2-12,14,22H,1H3,(H,29,34)(H,28,30,31). The van der Waals surface area contributed by atoms with E-state index in [1.807, 2.05) is 0 Å². The Hall–Kier alpha value is -5.37. The Morgan fingerprint density at radius 3 is 2.69 bits per heavy atom. The first kappa shape index (κ1) is 22.4. The van der Waals surface area contributed by atoms with E-state index in [2.05, 4.69) is 31.8 Å². The molecule has 3 heterocycles. The normalized spacial score (nSPS) is 14.4. The number of nitro benzene ring substituents is 1. The van der Waals surface area contributed by atoms with Crippen LogP contribution < -0.4 is 10.6 Å². The maximum atomic E-state index is 13.5. The predicted octanol–water partition coefficient (Wildman–Crippen LogP) is 4.05. The first-order valence-corrected chi connectivity index (χ1v) is 10.8. The van der Waals surface area contributed by atoms with Gasteiger partial charge < -0.3 is 10.6 Å². The summed E-state index contributed by atoms with van der Waals surface area (Å²) in [6.07, 6.45) is 3.15. The van der Waals surface area contributed by atoms with Crippen LogP contribution in [0, 0.1) is 21.4 Å². The van der Waals surface area contributed by atoms with Crippen molar-refractivity contribution >= 4 is 23.2 Å². The number of nitrogens with zero attached hydrogens (tertiary/aromatic N) is 6. The molecule has 1 unspecified atom stereocenters. The van der Waals surface area contributed by atoms with Gasteiger partial charge in [-0.2, -0.15) is 10.2 Å². The number of pyridine rings is 1. The van der Waals surface area contributed by atoms with Crippen LogP contribution in [0.1, 0.15) is 24.1 Å². The summed E-state index contributed by atoms with van der Waals surface area (Å²) in [5.74, 6) is 0.281. The number of nitro groups is 1. The second kappa shape index (κ2) is 9.11. The summed E-state index contributed by atoms with van der Waals surface area (Å²) in [7, 11) is 0. The molecule has 1 amide bonds. The lowest BCUT2D eigenvalue weighted by atomic mass is 9.94. The van der Waals surface area contributed by atoms with Gasteiger partial charge in [0.1, 0.15) is 6.04 Å². The Labute approximate surface area is 204 Å². The lowest BCUT2D eigenvalue weighted by Gasteiger charge is -2.28. The summed E-state index contributed by atoms with van der Waals surface area (Å²) >= 11 is 0. The molecule has 11 nitrogen and oxygen atoms in total. The largest absolute Gasteiger partial charge is 0.328 e. The van der Waals surface area contributed by atoms with E-state index in [1.54, 1.807) is 72.5 Å². The van der Waals surface area contributed by atoms with Crippen molar-refractivity contribution < 1.29 is 9.72 Å². The average Bonchev–Trinajstić information content (AvgIpc) is 3.32. The number of nitrogens with one attached hydrogen (secondary N) is 2. The van der Waals surface area contributed by atoms with Gasteiger partial charge in [-0.05, 0) is 36.8 Å². The smallest absolute Gasteiger partial charge is 0.270 e. The summed E-state index contributed by atoms with van der Waals surface area (Å²) in [5, 5.41) is 31.1. The number of hydrogen-bond donors (Lipinski definition) is 2. The Kier molecular flexibility index (Phi) is 5.68. The number of fused-ring (bicyclic) bond motifs is 1. The van der Waals surface area contributed by atoms with E-state index in [4.69, 9.17) is 0 Å². The number of anilines is 2. The molecule has 2 aromatic carbocycles. The number of allylic oxidation sites excluding steroid dienone is 1. The number of rotatable bonds is 5. The van der Waals surface area contributed by atoms with Crippen molar-refractivity contribution in [3.05, 3.63) is 106 Å². The fourth-order valence-electron chi connectivity index (χ4n) is 4.01. The van der Waals surface area contributed by atoms with Gasteiger partial charge in [0.2, 0.25) is 5.95 Å². The van der Waals surface area contributed by atoms with Gasteiger partial charge >= 0.3 is 0 Å². The molecule has 2 N–H and O–H groups in total. The molecule has 1 aliphatic heterocycles. The fraction of sp³-hybridized carbons (Fsp3) is 0.0800. The van der Waals surface area contributed by atoms with Gasteiger partial charge in [0, 0.05) is 29.6 Å². The third kappa shape index (κ3) is 4.14. The van der Waals surface area contributed by atoms with Crippen LogP contribution in [-0.2, 0) is 4.79 Å². The Balaban J connectivity index is 1.61. The lowest BCUT2D eigenvalue weighted by Crippen LogP contribution is -2.31. The minimum Gasteiger partial charge on any atom is -0.328 e. The van der Waals surface area contributed by atoms with Crippen molar-refractivity contribution in [3.8, 4) is 17.5 Å². The highest BCUT2D eigenvalue weighted by Crippen LogP contribution is 2.37. The molecule has 0 bridgehead atoms. The monoisotopic (exact) mass is 478 g/mol. The maximum absolute atomic E-state index is 13.5. The third-order valence-electron chi connectivity index (χ3n) is 5.69. The van der Waals surface area contributed by atoms with Crippen molar-refractivity contribution in [1.82, 2.24) is 19.7 Å². The van der Waals surface area contributed by atoms with Gasteiger partial charge in [0.25, 0.3) is 11.6 Å². The summed E-state index contributed by atoms with van der Waals surface area (Å²) in [6, 6.07) is 17.8. The van der Waals surface area contributed by atoms with Crippen LogP contribution >= 0.6 is 0 Å². The Bertz CT molecular complexity index is 1550. The summed E-state index contributed by atoms with van der Waals surface area (Å²) in [4.78, 5) is 32.8. The Morgan fingerprint density at radius 1 is 1.19 bits per heavy atom. The van der Waals surface area contributed by atoms with Crippen molar-refractivity contribution in [1.29, 1.82) is 5.26 Å². The van der Waals surface area contributed by atoms with Crippen LogP contribution in [0.5, 0.6) is 0 Å². The number of amides is 1. The van der Waals surface area contributed by atoms with Crippen molar-refractivity contribution in [2.45, 2.75) is 13.0 Å². The van der Waals surface area contributed by atoms with Gasteiger partial charge in [-0.15, -0.1) is 5.10 Å². The van der Waals surface area contributed by atoms with Gasteiger partial charge in [0.05, 0.1) is 34.0 Å². The first-order valence-electron chi connectivity index (χ1n) is 10.8. The highest BCUT2D eigenvalue weighted by Gasteiger charge is 2.34. The molecule has 0 saturated carbocycles. The van der Waals surface area contributed by atoms with E-state index in [0.717, 1.165) is 0 Å². The van der Waals surface area contributed by atoms with Crippen LogP contribution in [0.25, 0.3) is 11.4 Å². The summed E-state index contributed by atoms with van der Waals surface area (Å²) in [5.41, 5.74) is 3.06. The van der Waals surface area contributed by atoms with Gasteiger partial charge in [0.15, 0.2) is 5.82 Å². The predicted molar refractivity (Wildman–Crippen MR) is 131 cm³/mol. The molecular weight excluding hydrogens is 460 g/mol. The van der Waals surface area contributed by atoms with E-state index in [9.17, 15) is 20.2 Å². The molecule has 0 spiro atoms. The molecule has 4 aromatic rings. The van der Waals surface area contributed by atoms with Crippen LogP contribution in [0.2, 0.25) is 0 Å². The number of hydrogen-bond acceptors (Lipinski definition) is 8. The fourth-order valence-corrected chi connectivity index (χ4v) is 4.01. The molecule has 0 saturated heterocycles. The SMILES string of the molecule is CC1=C(C(=O)Nc2cccnc2)C(c2ccc(C#N)cc2)n2nc(-c3cccc([N+](=O)[O-])c3)nc2N1. The topological polar surface area (TPSA) is 152 Å². The zero-order valence-electron chi connectivity index (χ0n) is 18.9. The van der Waals surface area contributed by atoms with Crippen LogP contribution in [0.3, 0.4) is 0 Å². The van der Waals surface area contributed by atoms with E-state index in [-0.39, 0.29) is 17.4 Å². The molecule has 1 aliphatic rings. The van der Waals surface area contributed by atoms with Crippen LogP contribution in [-0.4, -0.2) is 30.6 Å².